The second-order valence-corrected chi connectivity index (χ2v) is 6.92. The van der Waals surface area contributed by atoms with Crippen LogP contribution in [0.1, 0.15) is 43.7 Å². The predicted molar refractivity (Wildman–Crippen MR) is 90.0 cm³/mol. The van der Waals surface area contributed by atoms with Crippen LogP contribution in [0.4, 0.5) is 0 Å². The highest BCUT2D eigenvalue weighted by Crippen LogP contribution is 2.27. The number of nitrogens with zero attached hydrogens (tertiary/aromatic N) is 1. The van der Waals surface area contributed by atoms with E-state index in [4.69, 9.17) is 0 Å². The van der Waals surface area contributed by atoms with Gasteiger partial charge in [-0.1, -0.05) is 47.0 Å². The minimum absolute atomic E-state index is 0.427. The van der Waals surface area contributed by atoms with Gasteiger partial charge in [0.15, 0.2) is 0 Å². The molecule has 0 bridgehead atoms. The molecule has 1 aromatic rings. The third-order valence-corrected chi connectivity index (χ3v) is 5.20. The Hall–Kier alpha value is -0.380. The van der Waals surface area contributed by atoms with Crippen LogP contribution in [0.2, 0.25) is 0 Å². The van der Waals surface area contributed by atoms with Crippen molar-refractivity contribution in [2.75, 3.05) is 27.2 Å². The molecule has 1 unspecified atom stereocenters. The summed E-state index contributed by atoms with van der Waals surface area (Å²) >= 11 is 3.66. The van der Waals surface area contributed by atoms with Crippen LogP contribution in [0, 0.1) is 5.92 Å². The number of nitrogens with one attached hydrogen (secondary N) is 1. The van der Waals surface area contributed by atoms with E-state index < -0.39 is 0 Å². The molecule has 1 N–H and O–H groups in total. The van der Waals surface area contributed by atoms with E-state index >= 15 is 0 Å². The molecule has 112 valence electrons. The molecular formula is C17H27BrN2. The molecule has 1 aromatic carbocycles. The van der Waals surface area contributed by atoms with Crippen molar-refractivity contribution in [2.45, 2.75) is 38.1 Å². The van der Waals surface area contributed by atoms with Crippen LogP contribution in [0.25, 0.3) is 0 Å². The van der Waals surface area contributed by atoms with E-state index in [0.717, 1.165) is 18.9 Å². The quantitative estimate of drug-likeness (QED) is 0.800. The summed E-state index contributed by atoms with van der Waals surface area (Å²) in [5, 5.41) is 3.45. The van der Waals surface area contributed by atoms with Crippen LogP contribution >= 0.6 is 15.9 Å². The van der Waals surface area contributed by atoms with Crippen molar-refractivity contribution in [2.24, 2.45) is 5.92 Å². The molecule has 0 aliphatic heterocycles. The molecular weight excluding hydrogens is 312 g/mol. The van der Waals surface area contributed by atoms with E-state index in [-0.39, 0.29) is 0 Å². The minimum atomic E-state index is 0.427. The summed E-state index contributed by atoms with van der Waals surface area (Å²) in [6.07, 6.45) is 6.90. The molecule has 0 heterocycles. The van der Waals surface area contributed by atoms with Crippen molar-refractivity contribution in [3.8, 4) is 0 Å². The Labute approximate surface area is 132 Å². The van der Waals surface area contributed by atoms with Gasteiger partial charge >= 0.3 is 0 Å². The van der Waals surface area contributed by atoms with Crippen molar-refractivity contribution in [3.05, 3.63) is 34.3 Å². The van der Waals surface area contributed by atoms with E-state index in [1.807, 2.05) is 0 Å². The summed E-state index contributed by atoms with van der Waals surface area (Å²) in [7, 11) is 4.33. The van der Waals surface area contributed by atoms with Gasteiger partial charge in [-0.05, 0) is 57.5 Å². The van der Waals surface area contributed by atoms with Crippen molar-refractivity contribution >= 4 is 15.9 Å². The van der Waals surface area contributed by atoms with E-state index in [0.29, 0.717) is 6.04 Å². The zero-order chi connectivity index (χ0) is 14.4. The fourth-order valence-corrected chi connectivity index (χ4v) is 3.85. The van der Waals surface area contributed by atoms with Gasteiger partial charge in [-0.25, -0.2) is 0 Å². The average molecular weight is 339 g/mol. The van der Waals surface area contributed by atoms with Crippen molar-refractivity contribution < 1.29 is 0 Å². The first kappa shape index (κ1) is 16.0. The molecule has 20 heavy (non-hydrogen) atoms. The molecule has 2 rings (SSSR count). The first-order valence-electron chi connectivity index (χ1n) is 7.81. The Morgan fingerprint density at radius 3 is 2.65 bits per heavy atom. The van der Waals surface area contributed by atoms with Gasteiger partial charge in [0.05, 0.1) is 0 Å². The number of hydrogen-bond donors (Lipinski definition) is 1. The highest BCUT2D eigenvalue weighted by molar-refractivity contribution is 9.10. The molecule has 1 saturated carbocycles. The highest BCUT2D eigenvalue weighted by atomic mass is 79.9. The molecule has 1 atom stereocenters. The Morgan fingerprint density at radius 1 is 1.30 bits per heavy atom. The van der Waals surface area contributed by atoms with Crippen LogP contribution in [-0.4, -0.2) is 32.1 Å². The lowest BCUT2D eigenvalue weighted by Gasteiger charge is -2.24. The highest BCUT2D eigenvalue weighted by Gasteiger charge is 2.18. The first-order valence-corrected chi connectivity index (χ1v) is 8.60. The standard InChI is InChI=1S/C17H27BrN2/c1-19-17(15-9-5-6-10-16(15)18)11-12-20(2)13-14-7-3-4-8-14/h5-6,9-10,14,17,19H,3-4,7-8,11-13H2,1-2H3. The topological polar surface area (TPSA) is 15.3 Å². The van der Waals surface area contributed by atoms with E-state index in [1.165, 1.54) is 42.3 Å². The Kier molecular flexibility index (Phi) is 6.53. The van der Waals surface area contributed by atoms with E-state index in [9.17, 15) is 0 Å². The fraction of sp³-hybridized carbons (Fsp3) is 0.647. The Balaban J connectivity index is 1.82. The predicted octanol–water partition coefficient (Wildman–Crippen LogP) is 4.22. The van der Waals surface area contributed by atoms with Gasteiger partial charge < -0.3 is 10.2 Å². The zero-order valence-electron chi connectivity index (χ0n) is 12.7. The van der Waals surface area contributed by atoms with Crippen molar-refractivity contribution in [1.82, 2.24) is 10.2 Å². The molecule has 0 saturated heterocycles. The maximum absolute atomic E-state index is 3.66. The van der Waals surface area contributed by atoms with Crippen molar-refractivity contribution in [3.63, 3.8) is 0 Å². The largest absolute Gasteiger partial charge is 0.313 e. The van der Waals surface area contributed by atoms with Crippen LogP contribution in [0.15, 0.2) is 28.7 Å². The number of halogens is 1. The summed E-state index contributed by atoms with van der Waals surface area (Å²) in [5.41, 5.74) is 1.37. The summed E-state index contributed by atoms with van der Waals surface area (Å²) in [5.74, 6) is 0.941. The summed E-state index contributed by atoms with van der Waals surface area (Å²) in [4.78, 5) is 2.51. The van der Waals surface area contributed by atoms with Gasteiger partial charge in [-0.15, -0.1) is 0 Å². The molecule has 1 fully saturated rings. The molecule has 2 nitrogen and oxygen atoms in total. The van der Waals surface area contributed by atoms with E-state index in [2.05, 4.69) is 64.5 Å². The summed E-state index contributed by atoms with van der Waals surface area (Å²) < 4.78 is 1.21. The third kappa shape index (κ3) is 4.57. The first-order chi connectivity index (χ1) is 9.70. The van der Waals surface area contributed by atoms with Gasteiger partial charge in [-0.2, -0.15) is 0 Å². The van der Waals surface area contributed by atoms with Crippen LogP contribution in [0.3, 0.4) is 0 Å². The van der Waals surface area contributed by atoms with Crippen LogP contribution < -0.4 is 5.32 Å². The van der Waals surface area contributed by atoms with Gasteiger partial charge in [-0.3, -0.25) is 0 Å². The maximum Gasteiger partial charge on any atom is 0.0340 e. The smallest absolute Gasteiger partial charge is 0.0340 e. The molecule has 0 aromatic heterocycles. The zero-order valence-corrected chi connectivity index (χ0v) is 14.3. The molecule has 0 radical (unpaired) electrons. The molecule has 1 aliphatic carbocycles. The SMILES string of the molecule is CNC(CCN(C)CC1CCCC1)c1ccccc1Br. The number of rotatable bonds is 7. The monoisotopic (exact) mass is 338 g/mol. The lowest BCUT2D eigenvalue weighted by molar-refractivity contribution is 0.264. The van der Waals surface area contributed by atoms with Crippen LogP contribution in [-0.2, 0) is 0 Å². The minimum Gasteiger partial charge on any atom is -0.313 e. The fourth-order valence-electron chi connectivity index (χ4n) is 3.29. The van der Waals surface area contributed by atoms with Crippen LogP contribution in [0.5, 0.6) is 0 Å². The van der Waals surface area contributed by atoms with E-state index in [1.54, 1.807) is 0 Å². The van der Waals surface area contributed by atoms with Crippen molar-refractivity contribution in [1.29, 1.82) is 0 Å². The second kappa shape index (κ2) is 8.16. The van der Waals surface area contributed by atoms with Gasteiger partial charge in [0.25, 0.3) is 0 Å². The Morgan fingerprint density at radius 2 is 2.00 bits per heavy atom. The second-order valence-electron chi connectivity index (χ2n) is 6.06. The maximum atomic E-state index is 3.66. The molecule has 0 amide bonds. The van der Waals surface area contributed by atoms with Gasteiger partial charge in [0.1, 0.15) is 0 Å². The Bertz CT molecular complexity index is 402. The summed E-state index contributed by atoms with van der Waals surface area (Å²) in [6.45, 7) is 2.43. The van der Waals surface area contributed by atoms with Gasteiger partial charge in [0, 0.05) is 17.1 Å². The molecule has 3 heteroatoms. The molecule has 0 spiro atoms. The average Bonchev–Trinajstić information content (AvgIpc) is 2.94. The number of benzene rings is 1. The third-order valence-electron chi connectivity index (χ3n) is 4.47. The lowest BCUT2D eigenvalue weighted by atomic mass is 10.0. The lowest BCUT2D eigenvalue weighted by Crippen LogP contribution is -2.29. The van der Waals surface area contributed by atoms with Gasteiger partial charge in [0.2, 0.25) is 0 Å². The summed E-state index contributed by atoms with van der Waals surface area (Å²) in [6, 6.07) is 8.96. The normalized spacial score (nSPS) is 17.8. The number of hydrogen-bond acceptors (Lipinski definition) is 2. The molecule has 1 aliphatic rings.